The van der Waals surface area contributed by atoms with Crippen LogP contribution in [0.25, 0.3) is 0 Å². The van der Waals surface area contributed by atoms with Gasteiger partial charge in [-0.1, -0.05) is 17.7 Å². The third-order valence-corrected chi connectivity index (χ3v) is 4.31. The molecular formula is C17H21ClN2O5. The number of ether oxygens (including phenoxy) is 2. The van der Waals surface area contributed by atoms with Crippen LogP contribution < -0.4 is 5.73 Å². The molecule has 25 heavy (non-hydrogen) atoms. The molecule has 136 valence electrons. The maximum absolute atomic E-state index is 12.7. The molecule has 0 saturated heterocycles. The molecule has 0 saturated carbocycles. The highest BCUT2D eigenvalue weighted by atomic mass is 35.5. The van der Waals surface area contributed by atoms with E-state index in [1.807, 2.05) is 0 Å². The van der Waals surface area contributed by atoms with E-state index in [2.05, 4.69) is 0 Å². The van der Waals surface area contributed by atoms with Gasteiger partial charge in [-0.2, -0.15) is 0 Å². The van der Waals surface area contributed by atoms with Crippen molar-refractivity contribution in [2.24, 2.45) is 0 Å². The van der Waals surface area contributed by atoms with Crippen molar-refractivity contribution in [1.82, 2.24) is 4.90 Å². The van der Waals surface area contributed by atoms with Crippen LogP contribution in [0.4, 0.5) is 5.69 Å². The number of rotatable bonds is 7. The summed E-state index contributed by atoms with van der Waals surface area (Å²) in [5, 5.41) is 0. The molecule has 0 bridgehead atoms. The summed E-state index contributed by atoms with van der Waals surface area (Å²) in [5.41, 5.74) is 6.25. The molecular weight excluding hydrogens is 348 g/mol. The second-order valence-electron chi connectivity index (χ2n) is 5.51. The number of hydrogen-bond donors (Lipinski definition) is 1. The van der Waals surface area contributed by atoms with Gasteiger partial charge in [0.2, 0.25) is 0 Å². The lowest BCUT2D eigenvalue weighted by atomic mass is 10.1. The first-order valence-corrected chi connectivity index (χ1v) is 8.52. The van der Waals surface area contributed by atoms with Crippen LogP contribution >= 0.6 is 11.6 Å². The molecule has 1 aliphatic heterocycles. The Morgan fingerprint density at radius 2 is 1.96 bits per heavy atom. The number of halogens is 1. The van der Waals surface area contributed by atoms with E-state index in [4.69, 9.17) is 26.8 Å². The number of hydrogen-bond acceptors (Lipinski definition) is 6. The molecule has 1 aromatic carbocycles. The molecule has 1 aliphatic rings. The lowest BCUT2D eigenvalue weighted by Crippen LogP contribution is -2.43. The van der Waals surface area contributed by atoms with Gasteiger partial charge in [0.1, 0.15) is 11.5 Å². The number of carbonyl (C=O) groups is 3. The van der Waals surface area contributed by atoms with Gasteiger partial charge in [-0.25, -0.2) is 4.79 Å². The number of esters is 2. The molecule has 0 radical (unpaired) electrons. The van der Waals surface area contributed by atoms with Crippen molar-refractivity contribution in [2.75, 3.05) is 18.9 Å². The fourth-order valence-corrected chi connectivity index (χ4v) is 3.17. The summed E-state index contributed by atoms with van der Waals surface area (Å²) in [6, 6.07) is 3.85. The largest absolute Gasteiger partial charge is 0.466 e. The number of nitrogens with two attached hydrogens (primary N) is 1. The maximum Gasteiger partial charge on any atom is 0.328 e. The van der Waals surface area contributed by atoms with E-state index in [1.54, 1.807) is 26.0 Å². The van der Waals surface area contributed by atoms with Gasteiger partial charge in [0.05, 0.1) is 13.2 Å². The summed E-state index contributed by atoms with van der Waals surface area (Å²) < 4.78 is 9.94. The highest BCUT2D eigenvalue weighted by molar-refractivity contribution is 6.25. The van der Waals surface area contributed by atoms with Crippen LogP contribution in [0.3, 0.4) is 0 Å². The van der Waals surface area contributed by atoms with Crippen LogP contribution in [0.1, 0.15) is 48.1 Å². The van der Waals surface area contributed by atoms with Gasteiger partial charge in [-0.05, 0) is 32.4 Å². The molecule has 0 aromatic heterocycles. The van der Waals surface area contributed by atoms with Crippen molar-refractivity contribution < 1.29 is 23.9 Å². The van der Waals surface area contributed by atoms with Gasteiger partial charge in [0.15, 0.2) is 0 Å². The third-order valence-electron chi connectivity index (χ3n) is 3.86. The number of carbonyl (C=O) groups excluding carboxylic acids is 3. The second kappa shape index (κ2) is 8.20. The summed E-state index contributed by atoms with van der Waals surface area (Å²) in [7, 11) is 0. The zero-order valence-electron chi connectivity index (χ0n) is 14.2. The van der Waals surface area contributed by atoms with E-state index in [9.17, 15) is 14.4 Å². The quantitative estimate of drug-likeness (QED) is 0.343. The second-order valence-corrected chi connectivity index (χ2v) is 5.92. The molecule has 2 atom stereocenters. The van der Waals surface area contributed by atoms with Gasteiger partial charge in [-0.3, -0.25) is 9.59 Å². The minimum Gasteiger partial charge on any atom is -0.466 e. The number of nitrogen functional groups attached to an aromatic ring is 1. The SMILES string of the molecule is CCOC(=O)CC[C@@H](C(=O)OCC)N1C(=O)c2cc(N)ccc2C1Cl. The first-order valence-electron chi connectivity index (χ1n) is 8.09. The monoisotopic (exact) mass is 368 g/mol. The Morgan fingerprint density at radius 1 is 1.28 bits per heavy atom. The number of amides is 1. The molecule has 7 nitrogen and oxygen atoms in total. The van der Waals surface area contributed by atoms with Crippen molar-refractivity contribution in [3.8, 4) is 0 Å². The van der Waals surface area contributed by atoms with E-state index in [0.29, 0.717) is 16.8 Å². The normalized spacial score (nSPS) is 17.2. The molecule has 0 fully saturated rings. The lowest BCUT2D eigenvalue weighted by molar-refractivity contribution is -0.150. The van der Waals surface area contributed by atoms with Crippen molar-refractivity contribution >= 4 is 35.1 Å². The van der Waals surface area contributed by atoms with Crippen molar-refractivity contribution in [3.63, 3.8) is 0 Å². The number of nitrogens with zero attached hydrogens (tertiary/aromatic N) is 1. The lowest BCUT2D eigenvalue weighted by Gasteiger charge is -2.28. The zero-order chi connectivity index (χ0) is 18.6. The van der Waals surface area contributed by atoms with Crippen LogP contribution in [0.2, 0.25) is 0 Å². The van der Waals surface area contributed by atoms with Gasteiger partial charge in [0.25, 0.3) is 5.91 Å². The van der Waals surface area contributed by atoms with Crippen molar-refractivity contribution in [3.05, 3.63) is 29.3 Å². The van der Waals surface area contributed by atoms with Crippen LogP contribution in [-0.2, 0) is 19.1 Å². The Morgan fingerprint density at radius 3 is 2.60 bits per heavy atom. The number of benzene rings is 1. The fraction of sp³-hybridized carbons (Fsp3) is 0.471. The first-order chi connectivity index (χ1) is 11.9. The van der Waals surface area contributed by atoms with Crippen LogP contribution in [0, 0.1) is 0 Å². The summed E-state index contributed by atoms with van der Waals surface area (Å²) in [6.45, 7) is 3.76. The fourth-order valence-electron chi connectivity index (χ4n) is 2.75. The smallest absolute Gasteiger partial charge is 0.328 e. The maximum atomic E-state index is 12.7. The summed E-state index contributed by atoms with van der Waals surface area (Å²) in [6.07, 6.45) is 0.0410. The molecule has 0 spiro atoms. The van der Waals surface area contributed by atoms with Gasteiger partial charge >= 0.3 is 11.9 Å². The zero-order valence-corrected chi connectivity index (χ0v) is 14.9. The summed E-state index contributed by atoms with van der Waals surface area (Å²) in [5.74, 6) is -1.47. The predicted molar refractivity (Wildman–Crippen MR) is 91.9 cm³/mol. The van der Waals surface area contributed by atoms with E-state index in [1.165, 1.54) is 11.0 Å². The van der Waals surface area contributed by atoms with E-state index < -0.39 is 29.4 Å². The van der Waals surface area contributed by atoms with E-state index >= 15 is 0 Å². The Labute approximate surface area is 151 Å². The highest BCUT2D eigenvalue weighted by Crippen LogP contribution is 2.39. The average molecular weight is 369 g/mol. The summed E-state index contributed by atoms with van der Waals surface area (Å²) in [4.78, 5) is 38.0. The average Bonchev–Trinajstić information content (AvgIpc) is 2.80. The highest BCUT2D eigenvalue weighted by Gasteiger charge is 2.43. The van der Waals surface area contributed by atoms with Crippen LogP contribution in [0.5, 0.6) is 0 Å². The standard InChI is InChI=1S/C17H21ClN2O5/c1-3-24-14(21)8-7-13(17(23)25-4-2)20-15(18)11-6-5-10(19)9-12(11)16(20)22/h5-6,9,13,15H,3-4,7-8,19H2,1-2H3/t13-,15?/m0/s1. The van der Waals surface area contributed by atoms with E-state index in [0.717, 1.165) is 0 Å². The Bertz CT molecular complexity index is 679. The van der Waals surface area contributed by atoms with Gasteiger partial charge in [-0.15, -0.1) is 0 Å². The van der Waals surface area contributed by atoms with Gasteiger partial charge in [0, 0.05) is 23.2 Å². The first kappa shape index (κ1) is 19.1. The van der Waals surface area contributed by atoms with Gasteiger partial charge < -0.3 is 20.1 Å². The Kier molecular flexibility index (Phi) is 6.25. The van der Waals surface area contributed by atoms with Crippen molar-refractivity contribution in [2.45, 2.75) is 38.2 Å². The number of fused-ring (bicyclic) bond motifs is 1. The van der Waals surface area contributed by atoms with Crippen LogP contribution in [0.15, 0.2) is 18.2 Å². The number of anilines is 1. The Balaban J connectivity index is 2.26. The minimum absolute atomic E-state index is 0.0246. The van der Waals surface area contributed by atoms with Crippen molar-refractivity contribution in [1.29, 1.82) is 0 Å². The number of alkyl halides is 1. The Hall–Kier alpha value is -2.28. The molecule has 1 heterocycles. The minimum atomic E-state index is -0.979. The molecule has 8 heteroatoms. The van der Waals surface area contributed by atoms with Crippen LogP contribution in [-0.4, -0.2) is 42.0 Å². The molecule has 2 N–H and O–H groups in total. The predicted octanol–water partition coefficient (Wildman–Crippen LogP) is 2.24. The van der Waals surface area contributed by atoms with E-state index in [-0.39, 0.29) is 26.1 Å². The molecule has 1 amide bonds. The molecule has 1 aromatic rings. The topological polar surface area (TPSA) is 98.9 Å². The third kappa shape index (κ3) is 4.04. The molecule has 1 unspecified atom stereocenters. The molecule has 2 rings (SSSR count). The summed E-state index contributed by atoms with van der Waals surface area (Å²) >= 11 is 6.41. The molecule has 0 aliphatic carbocycles.